The molecule has 4 heteroatoms. The molecule has 0 aliphatic rings. The van der Waals surface area contributed by atoms with E-state index in [2.05, 4.69) is 17.1 Å². The molecule has 0 bridgehead atoms. The number of aromatic nitrogens is 2. The van der Waals surface area contributed by atoms with Gasteiger partial charge >= 0.3 is 0 Å². The van der Waals surface area contributed by atoms with Gasteiger partial charge in [0.2, 0.25) is 5.95 Å². The Kier molecular flexibility index (Phi) is 2.83. The predicted octanol–water partition coefficient (Wildman–Crippen LogP) is 2.68. The van der Waals surface area contributed by atoms with Crippen molar-refractivity contribution in [2.24, 2.45) is 0 Å². The van der Waals surface area contributed by atoms with E-state index < -0.39 is 0 Å². The number of ether oxygens (including phenoxy) is 1. The summed E-state index contributed by atoms with van der Waals surface area (Å²) in [6.07, 6.45) is 0. The zero-order chi connectivity index (χ0) is 13.2. The summed E-state index contributed by atoms with van der Waals surface area (Å²) in [5.41, 5.74) is 9.07. The van der Waals surface area contributed by atoms with Crippen LogP contribution in [0.2, 0.25) is 0 Å². The fourth-order valence-corrected chi connectivity index (χ4v) is 2.18. The highest BCUT2D eigenvalue weighted by molar-refractivity contribution is 5.80. The Labute approximate surface area is 111 Å². The van der Waals surface area contributed by atoms with E-state index in [1.807, 2.05) is 41.0 Å². The van der Waals surface area contributed by atoms with Gasteiger partial charge in [-0.1, -0.05) is 30.3 Å². The van der Waals surface area contributed by atoms with Crippen molar-refractivity contribution in [1.29, 1.82) is 0 Å². The Morgan fingerprint density at radius 3 is 2.68 bits per heavy atom. The van der Waals surface area contributed by atoms with E-state index in [-0.39, 0.29) is 0 Å². The highest BCUT2D eigenvalue weighted by Crippen LogP contribution is 2.23. The van der Waals surface area contributed by atoms with Crippen LogP contribution in [0.4, 0.5) is 5.95 Å². The van der Waals surface area contributed by atoms with Crippen LogP contribution in [-0.2, 0) is 6.54 Å². The van der Waals surface area contributed by atoms with Gasteiger partial charge < -0.3 is 15.0 Å². The number of fused-ring (bicyclic) bond motifs is 1. The van der Waals surface area contributed by atoms with Gasteiger partial charge in [-0.15, -0.1) is 0 Å². The van der Waals surface area contributed by atoms with Crippen molar-refractivity contribution in [2.45, 2.75) is 6.54 Å². The molecule has 4 nitrogen and oxygen atoms in total. The molecule has 0 fully saturated rings. The van der Waals surface area contributed by atoms with E-state index >= 15 is 0 Å². The van der Waals surface area contributed by atoms with Crippen LogP contribution in [-0.4, -0.2) is 16.7 Å². The predicted molar refractivity (Wildman–Crippen MR) is 76.2 cm³/mol. The van der Waals surface area contributed by atoms with Crippen LogP contribution >= 0.6 is 0 Å². The Morgan fingerprint density at radius 2 is 1.95 bits per heavy atom. The molecule has 2 N–H and O–H groups in total. The minimum absolute atomic E-state index is 0.520. The van der Waals surface area contributed by atoms with Crippen LogP contribution in [0.5, 0.6) is 5.75 Å². The summed E-state index contributed by atoms with van der Waals surface area (Å²) in [4.78, 5) is 4.37. The van der Waals surface area contributed by atoms with E-state index in [0.717, 1.165) is 16.8 Å². The second-order valence-corrected chi connectivity index (χ2v) is 4.40. The maximum absolute atomic E-state index is 6.00. The SMILES string of the molecule is COc1ccc2nc(N)n(Cc3ccccc3)c2c1. The lowest BCUT2D eigenvalue weighted by Gasteiger charge is -2.07. The van der Waals surface area contributed by atoms with Crippen LogP contribution in [0.15, 0.2) is 48.5 Å². The van der Waals surface area contributed by atoms with Gasteiger partial charge in [0.05, 0.1) is 24.7 Å². The van der Waals surface area contributed by atoms with Gasteiger partial charge in [-0.05, 0) is 17.7 Å². The Balaban J connectivity index is 2.09. The number of methoxy groups -OCH3 is 1. The van der Waals surface area contributed by atoms with Gasteiger partial charge in [-0.2, -0.15) is 0 Å². The Morgan fingerprint density at radius 1 is 1.16 bits per heavy atom. The van der Waals surface area contributed by atoms with Crippen molar-refractivity contribution < 1.29 is 4.74 Å². The minimum Gasteiger partial charge on any atom is -0.497 e. The second kappa shape index (κ2) is 4.65. The first-order chi connectivity index (χ1) is 9.28. The molecule has 3 rings (SSSR count). The molecule has 0 aliphatic heterocycles. The van der Waals surface area contributed by atoms with Gasteiger partial charge in [0.15, 0.2) is 0 Å². The lowest BCUT2D eigenvalue weighted by molar-refractivity contribution is 0.415. The number of imidazole rings is 1. The summed E-state index contributed by atoms with van der Waals surface area (Å²) >= 11 is 0. The first-order valence-electron chi connectivity index (χ1n) is 6.11. The van der Waals surface area contributed by atoms with E-state index in [0.29, 0.717) is 12.5 Å². The molecule has 0 spiro atoms. The number of benzene rings is 2. The molecule has 1 heterocycles. The monoisotopic (exact) mass is 253 g/mol. The van der Waals surface area contributed by atoms with Crippen LogP contribution < -0.4 is 10.5 Å². The van der Waals surface area contributed by atoms with Crippen molar-refractivity contribution in [3.05, 3.63) is 54.1 Å². The molecule has 0 saturated heterocycles. The maximum atomic E-state index is 6.00. The van der Waals surface area contributed by atoms with Gasteiger partial charge in [0.1, 0.15) is 5.75 Å². The molecule has 0 unspecified atom stereocenters. The largest absolute Gasteiger partial charge is 0.497 e. The van der Waals surface area contributed by atoms with Crippen molar-refractivity contribution in [2.75, 3.05) is 12.8 Å². The fraction of sp³-hybridized carbons (Fsp3) is 0.133. The average Bonchev–Trinajstić information content (AvgIpc) is 2.76. The van der Waals surface area contributed by atoms with Crippen LogP contribution in [0, 0.1) is 0 Å². The minimum atomic E-state index is 0.520. The first-order valence-corrected chi connectivity index (χ1v) is 6.11. The third-order valence-electron chi connectivity index (χ3n) is 3.17. The summed E-state index contributed by atoms with van der Waals surface area (Å²) in [5, 5.41) is 0. The third-order valence-corrected chi connectivity index (χ3v) is 3.17. The first kappa shape index (κ1) is 11.6. The van der Waals surface area contributed by atoms with Crippen molar-refractivity contribution in [3.63, 3.8) is 0 Å². The summed E-state index contributed by atoms with van der Waals surface area (Å²) in [5.74, 6) is 1.33. The summed E-state index contributed by atoms with van der Waals surface area (Å²) in [7, 11) is 1.66. The highest BCUT2D eigenvalue weighted by Gasteiger charge is 2.09. The molecule has 3 aromatic rings. The Bertz CT molecular complexity index is 704. The van der Waals surface area contributed by atoms with Gasteiger partial charge in [-0.25, -0.2) is 4.98 Å². The molecule has 19 heavy (non-hydrogen) atoms. The number of nitrogen functional groups attached to an aromatic ring is 1. The molecule has 1 aromatic heterocycles. The molecule has 0 saturated carbocycles. The van der Waals surface area contributed by atoms with E-state index in [9.17, 15) is 0 Å². The smallest absolute Gasteiger partial charge is 0.201 e. The number of nitrogens with two attached hydrogens (primary N) is 1. The number of hydrogen-bond acceptors (Lipinski definition) is 3. The fourth-order valence-electron chi connectivity index (χ4n) is 2.18. The van der Waals surface area contributed by atoms with Crippen molar-refractivity contribution in [3.8, 4) is 5.75 Å². The van der Waals surface area contributed by atoms with Crippen LogP contribution in [0.25, 0.3) is 11.0 Å². The average molecular weight is 253 g/mol. The lowest BCUT2D eigenvalue weighted by Crippen LogP contribution is -2.04. The number of anilines is 1. The highest BCUT2D eigenvalue weighted by atomic mass is 16.5. The summed E-state index contributed by atoms with van der Waals surface area (Å²) < 4.78 is 7.25. The topological polar surface area (TPSA) is 53.1 Å². The normalized spacial score (nSPS) is 10.8. The Hall–Kier alpha value is -2.49. The van der Waals surface area contributed by atoms with E-state index in [1.54, 1.807) is 7.11 Å². The number of hydrogen-bond donors (Lipinski definition) is 1. The molecule has 0 atom stereocenters. The maximum Gasteiger partial charge on any atom is 0.201 e. The third kappa shape index (κ3) is 2.12. The van der Waals surface area contributed by atoms with Crippen molar-refractivity contribution >= 4 is 17.0 Å². The molecule has 0 amide bonds. The zero-order valence-corrected chi connectivity index (χ0v) is 10.7. The molecule has 2 aromatic carbocycles. The second-order valence-electron chi connectivity index (χ2n) is 4.40. The standard InChI is InChI=1S/C15H15N3O/c1-19-12-7-8-13-14(9-12)18(15(16)17-13)10-11-5-3-2-4-6-11/h2-9H,10H2,1H3,(H2,16,17). The molecular formula is C15H15N3O. The zero-order valence-electron chi connectivity index (χ0n) is 10.7. The van der Waals surface area contributed by atoms with E-state index in [4.69, 9.17) is 10.5 Å². The van der Waals surface area contributed by atoms with E-state index in [1.165, 1.54) is 5.56 Å². The van der Waals surface area contributed by atoms with Gasteiger partial charge in [0.25, 0.3) is 0 Å². The molecule has 0 aliphatic carbocycles. The van der Waals surface area contributed by atoms with Gasteiger partial charge in [0, 0.05) is 6.07 Å². The quantitative estimate of drug-likeness (QED) is 0.780. The van der Waals surface area contributed by atoms with Crippen molar-refractivity contribution in [1.82, 2.24) is 9.55 Å². The number of rotatable bonds is 3. The lowest BCUT2D eigenvalue weighted by atomic mass is 10.2. The molecule has 96 valence electrons. The summed E-state index contributed by atoms with van der Waals surface area (Å²) in [6.45, 7) is 0.705. The molecular weight excluding hydrogens is 238 g/mol. The van der Waals surface area contributed by atoms with Crippen LogP contribution in [0.1, 0.15) is 5.56 Å². The summed E-state index contributed by atoms with van der Waals surface area (Å²) in [6, 6.07) is 16.0. The number of nitrogens with zero attached hydrogens (tertiary/aromatic N) is 2. The van der Waals surface area contributed by atoms with Gasteiger partial charge in [-0.3, -0.25) is 0 Å². The van der Waals surface area contributed by atoms with Crippen LogP contribution in [0.3, 0.4) is 0 Å². The molecule has 0 radical (unpaired) electrons.